The van der Waals surface area contributed by atoms with Gasteiger partial charge in [0, 0.05) is 24.6 Å². The van der Waals surface area contributed by atoms with Crippen LogP contribution in [-0.2, 0) is 9.53 Å². The van der Waals surface area contributed by atoms with Gasteiger partial charge in [-0.05, 0) is 27.7 Å². The Morgan fingerprint density at radius 2 is 1.78 bits per heavy atom. The summed E-state index contributed by atoms with van der Waals surface area (Å²) in [5.41, 5.74) is -0.124. The molecule has 0 saturated carbocycles. The largest absolute Gasteiger partial charge is 0.444 e. The van der Waals surface area contributed by atoms with E-state index in [4.69, 9.17) is 4.74 Å². The maximum Gasteiger partial charge on any atom is 0.410 e. The van der Waals surface area contributed by atoms with Crippen molar-refractivity contribution in [2.45, 2.75) is 45.8 Å². The number of carbonyl (C=O) groups is 3. The van der Waals surface area contributed by atoms with Crippen LogP contribution in [0.15, 0.2) is 30.3 Å². The smallest absolute Gasteiger partial charge is 0.410 e. The van der Waals surface area contributed by atoms with Gasteiger partial charge in [0.2, 0.25) is 0 Å². The molecule has 1 saturated heterocycles. The van der Waals surface area contributed by atoms with Gasteiger partial charge in [-0.1, -0.05) is 30.3 Å². The summed E-state index contributed by atoms with van der Waals surface area (Å²) in [4.78, 5) is 38.7. The normalized spacial score (nSPS) is 21.9. The lowest BCUT2D eigenvalue weighted by Crippen LogP contribution is -2.54. The fourth-order valence-corrected chi connectivity index (χ4v) is 2.76. The number of carbonyl (C=O) groups excluding carboxylic acids is 3. The summed E-state index contributed by atoms with van der Waals surface area (Å²) in [7, 11) is 0. The van der Waals surface area contributed by atoms with Crippen LogP contribution in [0, 0.1) is 5.92 Å². The van der Waals surface area contributed by atoms with Crippen molar-refractivity contribution in [3.8, 4) is 0 Å². The van der Waals surface area contributed by atoms with Crippen LogP contribution in [0.4, 0.5) is 4.79 Å². The predicted molar refractivity (Wildman–Crippen MR) is 86.3 cm³/mol. The highest BCUT2D eigenvalue weighted by atomic mass is 16.6. The molecule has 5 nitrogen and oxygen atoms in total. The van der Waals surface area contributed by atoms with E-state index in [9.17, 15) is 14.4 Å². The predicted octanol–water partition coefficient (Wildman–Crippen LogP) is 3.08. The molecule has 2 unspecified atom stereocenters. The van der Waals surface area contributed by atoms with Gasteiger partial charge in [0.1, 0.15) is 17.3 Å². The fraction of sp³-hybridized carbons (Fsp3) is 0.500. The van der Waals surface area contributed by atoms with E-state index in [1.54, 1.807) is 52.0 Å². The SMILES string of the molecule is CC1C(C(=O)c2ccccc2)C(=O)CCN1C(=O)OC(C)(C)C. The molecule has 1 fully saturated rings. The summed E-state index contributed by atoms with van der Waals surface area (Å²) >= 11 is 0. The molecule has 1 aromatic rings. The van der Waals surface area contributed by atoms with E-state index in [0.717, 1.165) is 0 Å². The number of ketones is 2. The van der Waals surface area contributed by atoms with E-state index in [1.807, 2.05) is 6.07 Å². The molecule has 2 atom stereocenters. The minimum Gasteiger partial charge on any atom is -0.444 e. The molecule has 1 aromatic carbocycles. The van der Waals surface area contributed by atoms with E-state index >= 15 is 0 Å². The van der Waals surface area contributed by atoms with Crippen molar-refractivity contribution >= 4 is 17.7 Å². The second-order valence-electron chi connectivity index (χ2n) is 6.84. The highest BCUT2D eigenvalue weighted by Crippen LogP contribution is 2.26. The van der Waals surface area contributed by atoms with E-state index in [1.165, 1.54) is 4.90 Å². The number of piperidine rings is 1. The third-order valence-corrected chi connectivity index (χ3v) is 3.89. The molecule has 1 aliphatic rings. The Morgan fingerprint density at radius 1 is 1.17 bits per heavy atom. The summed E-state index contributed by atoms with van der Waals surface area (Å²) in [6.45, 7) is 7.38. The Balaban J connectivity index is 2.21. The molecule has 0 radical (unpaired) electrons. The average molecular weight is 317 g/mol. The molecule has 0 aliphatic carbocycles. The Labute approximate surface area is 136 Å². The van der Waals surface area contributed by atoms with Gasteiger partial charge in [0.15, 0.2) is 5.78 Å². The summed E-state index contributed by atoms with van der Waals surface area (Å²) in [5, 5.41) is 0. The fourth-order valence-electron chi connectivity index (χ4n) is 2.76. The van der Waals surface area contributed by atoms with Crippen molar-refractivity contribution in [3.63, 3.8) is 0 Å². The van der Waals surface area contributed by atoms with Gasteiger partial charge < -0.3 is 9.64 Å². The second-order valence-corrected chi connectivity index (χ2v) is 6.84. The zero-order valence-corrected chi connectivity index (χ0v) is 14.0. The third kappa shape index (κ3) is 3.97. The number of nitrogens with zero attached hydrogens (tertiary/aromatic N) is 1. The van der Waals surface area contributed by atoms with Gasteiger partial charge in [0.05, 0.1) is 0 Å². The molecule has 124 valence electrons. The number of benzene rings is 1. The van der Waals surface area contributed by atoms with Crippen LogP contribution in [0.25, 0.3) is 0 Å². The first kappa shape index (κ1) is 17.2. The number of ether oxygens (including phenoxy) is 1. The maximum atomic E-state index is 12.7. The van der Waals surface area contributed by atoms with Crippen molar-refractivity contribution in [2.24, 2.45) is 5.92 Å². The molecule has 0 spiro atoms. The summed E-state index contributed by atoms with van der Waals surface area (Å²) in [6, 6.07) is 8.20. The molecule has 0 aromatic heterocycles. The first-order valence-corrected chi connectivity index (χ1v) is 7.82. The summed E-state index contributed by atoms with van der Waals surface area (Å²) < 4.78 is 5.38. The third-order valence-electron chi connectivity index (χ3n) is 3.89. The highest BCUT2D eigenvalue weighted by Gasteiger charge is 2.42. The van der Waals surface area contributed by atoms with Gasteiger partial charge in [-0.3, -0.25) is 9.59 Å². The van der Waals surface area contributed by atoms with Gasteiger partial charge in [0.25, 0.3) is 0 Å². The van der Waals surface area contributed by atoms with E-state index in [2.05, 4.69) is 0 Å². The number of likely N-dealkylation sites (tertiary alicyclic amines) is 1. The van der Waals surface area contributed by atoms with Crippen LogP contribution in [-0.4, -0.2) is 40.7 Å². The van der Waals surface area contributed by atoms with Crippen LogP contribution < -0.4 is 0 Å². The zero-order chi connectivity index (χ0) is 17.2. The molecule has 1 aliphatic heterocycles. The van der Waals surface area contributed by atoms with Crippen LogP contribution in [0.1, 0.15) is 44.5 Å². The summed E-state index contributed by atoms with van der Waals surface area (Å²) in [5.74, 6) is -1.19. The van der Waals surface area contributed by atoms with Gasteiger partial charge in [-0.2, -0.15) is 0 Å². The number of rotatable bonds is 2. The van der Waals surface area contributed by atoms with Crippen molar-refractivity contribution in [1.29, 1.82) is 0 Å². The minimum absolute atomic E-state index is 0.119. The monoisotopic (exact) mass is 317 g/mol. The lowest BCUT2D eigenvalue weighted by atomic mass is 9.83. The molecule has 23 heavy (non-hydrogen) atoms. The number of hydrogen-bond donors (Lipinski definition) is 0. The quantitative estimate of drug-likeness (QED) is 0.621. The molecule has 1 amide bonds. The molecule has 5 heteroatoms. The van der Waals surface area contributed by atoms with Crippen molar-refractivity contribution in [3.05, 3.63) is 35.9 Å². The Kier molecular flexibility index (Phi) is 4.88. The van der Waals surface area contributed by atoms with Crippen LogP contribution >= 0.6 is 0 Å². The molecular formula is C18H23NO4. The summed E-state index contributed by atoms with van der Waals surface area (Å²) in [6.07, 6.45) is -0.310. The lowest BCUT2D eigenvalue weighted by Gasteiger charge is -2.38. The Hall–Kier alpha value is -2.17. The van der Waals surface area contributed by atoms with E-state index < -0.39 is 23.7 Å². The molecule has 0 bridgehead atoms. The molecular weight excluding hydrogens is 294 g/mol. The average Bonchev–Trinajstić information content (AvgIpc) is 2.46. The molecule has 2 rings (SSSR count). The van der Waals surface area contributed by atoms with Crippen molar-refractivity contribution in [1.82, 2.24) is 4.90 Å². The van der Waals surface area contributed by atoms with Crippen molar-refractivity contribution in [2.75, 3.05) is 6.54 Å². The first-order valence-electron chi connectivity index (χ1n) is 7.82. The van der Waals surface area contributed by atoms with Crippen LogP contribution in [0.2, 0.25) is 0 Å². The Morgan fingerprint density at radius 3 is 2.35 bits per heavy atom. The van der Waals surface area contributed by atoms with Crippen molar-refractivity contribution < 1.29 is 19.1 Å². The van der Waals surface area contributed by atoms with Crippen LogP contribution in [0.3, 0.4) is 0 Å². The number of hydrogen-bond acceptors (Lipinski definition) is 4. The van der Waals surface area contributed by atoms with E-state index in [-0.39, 0.29) is 24.5 Å². The standard InChI is InChI=1S/C18H23NO4/c1-12-15(16(21)13-8-6-5-7-9-13)14(20)10-11-19(12)17(22)23-18(2,3)4/h5-9,12,15H,10-11H2,1-4H3. The van der Waals surface area contributed by atoms with Crippen LogP contribution in [0.5, 0.6) is 0 Å². The van der Waals surface area contributed by atoms with Gasteiger partial charge >= 0.3 is 6.09 Å². The maximum absolute atomic E-state index is 12.7. The second kappa shape index (κ2) is 6.52. The van der Waals surface area contributed by atoms with E-state index in [0.29, 0.717) is 5.56 Å². The minimum atomic E-state index is -0.835. The first-order chi connectivity index (χ1) is 10.7. The molecule has 0 N–H and O–H groups in total. The molecule has 1 heterocycles. The van der Waals surface area contributed by atoms with Gasteiger partial charge in [-0.25, -0.2) is 4.79 Å². The number of amides is 1. The zero-order valence-electron chi connectivity index (χ0n) is 14.0. The highest BCUT2D eigenvalue weighted by molar-refractivity contribution is 6.12. The number of Topliss-reactive ketones (excluding diaryl/α,β-unsaturated/α-hetero) is 2. The lowest BCUT2D eigenvalue weighted by molar-refractivity contribution is -0.126. The topological polar surface area (TPSA) is 63.7 Å². The Bertz CT molecular complexity index is 603. The van der Waals surface area contributed by atoms with Gasteiger partial charge in [-0.15, -0.1) is 0 Å².